The van der Waals surface area contributed by atoms with Gasteiger partial charge in [0.2, 0.25) is 0 Å². The number of fused-ring (bicyclic) bond motifs is 10. The molecule has 15 aromatic rings. The molecule has 1 aromatic heterocycles. The molecular weight excluding hydrogens is 1310 g/mol. The second-order valence-corrected chi connectivity index (χ2v) is 34.6. The zero-order valence-electron chi connectivity index (χ0n) is 72.6. The van der Waals surface area contributed by atoms with Crippen LogP contribution in [0.3, 0.4) is 0 Å². The van der Waals surface area contributed by atoms with E-state index >= 15 is 0 Å². The lowest BCUT2D eigenvalue weighted by molar-refractivity contribution is 0.590. The number of nitrogens with zero attached hydrogens (tertiary/aromatic N) is 3. The third-order valence-corrected chi connectivity index (χ3v) is 23.5. The topological polar surface area (TPSA) is 11.4 Å². The highest BCUT2D eigenvalue weighted by Crippen LogP contribution is 2.51. The second-order valence-electron chi connectivity index (χ2n) is 34.6. The molecule has 14 aromatic carbocycles. The number of hydrogen-bond donors (Lipinski definition) is 0. The molecule has 3 heterocycles. The van der Waals surface area contributed by atoms with Gasteiger partial charge in [-0.25, -0.2) is 0 Å². The van der Waals surface area contributed by atoms with Gasteiger partial charge in [0.15, 0.2) is 0 Å². The van der Waals surface area contributed by atoms with Gasteiger partial charge in [-0.3, -0.25) is 0 Å². The van der Waals surface area contributed by atoms with E-state index in [2.05, 4.69) is 346 Å². The van der Waals surface area contributed by atoms with Crippen molar-refractivity contribution in [2.45, 2.75) is 130 Å². The average molecular weight is 1420 g/mol. The molecular formula is C105H96BN3. The van der Waals surface area contributed by atoms with Crippen molar-refractivity contribution >= 4 is 73.3 Å². The van der Waals surface area contributed by atoms with Crippen molar-refractivity contribution in [3.05, 3.63) is 382 Å². The fourth-order valence-electron chi connectivity index (χ4n) is 17.6. The monoisotopic (exact) mass is 1420 g/mol. The Bertz CT molecular complexity index is 6300. The first-order valence-corrected chi connectivity index (χ1v) is 38.8. The Morgan fingerprint density at radius 3 is 1.43 bits per heavy atom. The van der Waals surface area contributed by atoms with Crippen molar-refractivity contribution in [1.29, 1.82) is 0 Å². The Kier molecular flexibility index (Phi) is 14.9. The second kappa shape index (κ2) is 26.7. The SMILES string of the molecule is [2H]c1c([2H])c([2H])c2c(c1[2H])-c1c([2H])c([2H])c([2H])c([2H])c1C2c1ccc(C(c2ccccc2)c2ccc3c(c2)N(c2cccc(-c4ccccc4)c2)c2cc(C(C)(C)C)cc4c2B3c2ccc(Cn3c5ccc(C(C)(C)C)cc5c5cc(C(C)(C)C)ccc53)cc2N4CCc2c(-c3ccccc3)cc(C(C)(C)C)cc2-c2ccccc2)cc1. The summed E-state index contributed by atoms with van der Waals surface area (Å²) in [5.41, 5.74) is 30.2. The van der Waals surface area contributed by atoms with Crippen molar-refractivity contribution < 1.29 is 11.0 Å². The van der Waals surface area contributed by atoms with Crippen LogP contribution >= 0.6 is 0 Å². The van der Waals surface area contributed by atoms with Gasteiger partial charge in [0.1, 0.15) is 0 Å². The minimum absolute atomic E-state index is 0.0507. The van der Waals surface area contributed by atoms with E-state index in [-0.39, 0.29) is 80.7 Å². The quantitative estimate of drug-likeness (QED) is 0.0842. The first-order chi connectivity index (χ1) is 55.9. The lowest BCUT2D eigenvalue weighted by Gasteiger charge is -2.45. The number of anilines is 5. The van der Waals surface area contributed by atoms with Crippen LogP contribution in [-0.2, 0) is 34.6 Å². The van der Waals surface area contributed by atoms with Crippen LogP contribution in [0.25, 0.3) is 66.3 Å². The van der Waals surface area contributed by atoms with Crippen molar-refractivity contribution in [1.82, 2.24) is 4.57 Å². The van der Waals surface area contributed by atoms with Crippen LogP contribution < -0.4 is 26.2 Å². The van der Waals surface area contributed by atoms with Gasteiger partial charge in [-0.1, -0.05) is 338 Å². The van der Waals surface area contributed by atoms with Gasteiger partial charge in [0.05, 0.1) is 11.0 Å². The van der Waals surface area contributed by atoms with Gasteiger partial charge in [0, 0.05) is 75.2 Å². The van der Waals surface area contributed by atoms with Crippen molar-refractivity contribution in [3.63, 3.8) is 0 Å². The standard InChI is InChI=1S/C105H96BN3/c1-102(2,3)77-50-54-93-89(61-77)90-62-78(103(4,5)6)51-55-94(90)108(93)67-68-44-52-91-95(58-68)107(57-56-84-87(70-32-19-14-20-33-70)63-79(104(7,8)9)64-88(84)71-34-21-15-22-35-71)97-65-80(105(10,11)12)66-98-101(97)106(91)92-53-49-76(60-96(92)109(98)81-39-29-38-75(59-81)69-30-17-13-18-31-69)99(72-36-23-16-24-37-72)73-45-47-74(48-46-73)100-85-42-27-25-40-82(85)83-41-26-28-43-86(83)100/h13-55,58-66,99-100H,56-57,67H2,1-12H3/i25D,26D,27D,28D,40D,41D,42D,43D. The van der Waals surface area contributed by atoms with Gasteiger partial charge in [-0.05, 0) is 216 Å². The summed E-state index contributed by atoms with van der Waals surface area (Å²) in [6.45, 7) is 28.9. The predicted octanol–water partition coefficient (Wildman–Crippen LogP) is 25.4. The van der Waals surface area contributed by atoms with E-state index in [1.807, 2.05) is 18.2 Å². The lowest BCUT2D eigenvalue weighted by atomic mass is 9.33. The van der Waals surface area contributed by atoms with Crippen molar-refractivity contribution in [3.8, 4) is 44.5 Å². The zero-order chi connectivity index (χ0) is 81.8. The molecule has 3 aliphatic rings. The minimum atomic E-state index is -0.907. The van der Waals surface area contributed by atoms with Crippen LogP contribution in [0.1, 0.15) is 173 Å². The molecule has 0 spiro atoms. The van der Waals surface area contributed by atoms with E-state index in [0.29, 0.717) is 18.7 Å². The molecule has 2 aliphatic heterocycles. The Hall–Kier alpha value is -11.5. The number of aromatic nitrogens is 1. The summed E-state index contributed by atoms with van der Waals surface area (Å²) in [5, 5.41) is 2.54. The Morgan fingerprint density at radius 1 is 0.376 bits per heavy atom. The molecule has 0 amide bonds. The van der Waals surface area contributed by atoms with Crippen LogP contribution in [0.5, 0.6) is 0 Å². The third kappa shape index (κ3) is 12.4. The molecule has 1 aliphatic carbocycles. The van der Waals surface area contributed by atoms with Gasteiger partial charge >= 0.3 is 0 Å². The van der Waals surface area contributed by atoms with Crippen LogP contribution in [0.15, 0.2) is 315 Å². The van der Waals surface area contributed by atoms with Crippen LogP contribution in [0.2, 0.25) is 0 Å². The average Bonchev–Trinajstić information content (AvgIpc) is 0.804. The van der Waals surface area contributed by atoms with Crippen LogP contribution in [0, 0.1) is 0 Å². The summed E-state index contributed by atoms with van der Waals surface area (Å²) in [6, 6.07) is 96.5. The van der Waals surface area contributed by atoms with E-state index in [9.17, 15) is 5.48 Å². The zero-order valence-corrected chi connectivity index (χ0v) is 64.6. The summed E-state index contributed by atoms with van der Waals surface area (Å²) in [7, 11) is 0. The van der Waals surface area contributed by atoms with Gasteiger partial charge in [0.25, 0.3) is 6.71 Å². The van der Waals surface area contributed by atoms with Crippen LogP contribution in [0.4, 0.5) is 28.4 Å². The first-order valence-electron chi connectivity index (χ1n) is 42.8. The molecule has 0 radical (unpaired) electrons. The highest BCUT2D eigenvalue weighted by molar-refractivity contribution is 7.00. The predicted molar refractivity (Wildman–Crippen MR) is 466 cm³/mol. The molecule has 3 nitrogen and oxygen atoms in total. The molecule has 1 unspecified atom stereocenters. The summed E-state index contributed by atoms with van der Waals surface area (Å²) in [4.78, 5) is 5.27. The highest BCUT2D eigenvalue weighted by atomic mass is 15.2. The molecule has 0 bridgehead atoms. The van der Waals surface area contributed by atoms with E-state index in [1.165, 1.54) is 105 Å². The number of rotatable bonds is 13. The Labute approximate surface area is 657 Å². The van der Waals surface area contributed by atoms with Crippen molar-refractivity contribution in [2.24, 2.45) is 0 Å². The first kappa shape index (κ1) is 60.5. The fourth-order valence-corrected chi connectivity index (χ4v) is 17.6. The van der Waals surface area contributed by atoms with Gasteiger partial charge in [-0.2, -0.15) is 0 Å². The summed E-state index contributed by atoms with van der Waals surface area (Å²) in [6.07, 6.45) is 0.722. The maximum atomic E-state index is 9.40. The van der Waals surface area contributed by atoms with Gasteiger partial charge in [-0.15, -0.1) is 0 Å². The van der Waals surface area contributed by atoms with Gasteiger partial charge < -0.3 is 14.4 Å². The normalized spacial score (nSPS) is 14.7. The van der Waals surface area contributed by atoms with E-state index in [1.54, 1.807) is 0 Å². The minimum Gasteiger partial charge on any atom is -0.342 e. The number of benzene rings is 14. The maximum Gasteiger partial charge on any atom is 0.252 e. The maximum absolute atomic E-state index is 9.40. The van der Waals surface area contributed by atoms with Crippen molar-refractivity contribution in [2.75, 3.05) is 16.3 Å². The molecule has 0 saturated heterocycles. The smallest absolute Gasteiger partial charge is 0.252 e. The Balaban J connectivity index is 0.868. The molecule has 4 heteroatoms. The highest BCUT2D eigenvalue weighted by Gasteiger charge is 2.45. The van der Waals surface area contributed by atoms with E-state index in [4.69, 9.17) is 5.48 Å². The molecule has 0 saturated carbocycles. The third-order valence-electron chi connectivity index (χ3n) is 23.5. The number of hydrogen-bond acceptors (Lipinski definition) is 2. The van der Waals surface area contributed by atoms with Crippen LogP contribution in [-0.4, -0.2) is 17.8 Å². The summed E-state index contributed by atoms with van der Waals surface area (Å²) < 4.78 is 75.2. The van der Waals surface area contributed by atoms with E-state index < -0.39 is 30.1 Å². The summed E-state index contributed by atoms with van der Waals surface area (Å²) in [5.74, 6) is -1.24. The molecule has 0 fully saturated rings. The lowest BCUT2D eigenvalue weighted by Crippen LogP contribution is -2.62. The molecule has 1 atom stereocenters. The van der Waals surface area contributed by atoms with E-state index in [0.717, 1.165) is 51.3 Å². The molecule has 109 heavy (non-hydrogen) atoms. The largest absolute Gasteiger partial charge is 0.342 e. The molecule has 534 valence electrons. The molecule has 0 N–H and O–H groups in total. The Morgan fingerprint density at radius 2 is 0.862 bits per heavy atom. The fraction of sp³-hybridized carbons (Fsp3) is 0.200. The molecule has 18 rings (SSSR count). The summed E-state index contributed by atoms with van der Waals surface area (Å²) >= 11 is 0.